The Morgan fingerprint density at radius 1 is 1.69 bits per heavy atom. The fourth-order valence-electron chi connectivity index (χ4n) is 1.82. The quantitative estimate of drug-likeness (QED) is 0.598. The van der Waals surface area contributed by atoms with Crippen LogP contribution >= 0.6 is 0 Å². The third kappa shape index (κ3) is 1.73. The van der Waals surface area contributed by atoms with Crippen LogP contribution in [0.1, 0.15) is 13.8 Å². The minimum Gasteiger partial charge on any atom is -0.480 e. The van der Waals surface area contributed by atoms with Crippen molar-refractivity contribution in [3.8, 4) is 0 Å². The number of aliphatic carboxylic acids is 1. The molecule has 0 aromatic rings. The maximum Gasteiger partial charge on any atom is 0.325 e. The van der Waals surface area contributed by atoms with Crippen molar-refractivity contribution >= 4 is 5.97 Å². The number of hydrogen-bond acceptors (Lipinski definition) is 3. The number of carboxylic acids is 1. The van der Waals surface area contributed by atoms with Crippen LogP contribution in [-0.2, 0) is 4.79 Å². The molecule has 0 fully saturated rings. The first-order valence-corrected chi connectivity index (χ1v) is 4.26. The highest BCUT2D eigenvalue weighted by molar-refractivity contribution is 5.78. The Bertz CT molecular complexity index is 247. The molecule has 1 heterocycles. The molecular formula is C9H15NO3. The van der Waals surface area contributed by atoms with Gasteiger partial charge in [0, 0.05) is 0 Å². The van der Waals surface area contributed by atoms with E-state index >= 15 is 0 Å². The van der Waals surface area contributed by atoms with E-state index in [1.54, 1.807) is 25.8 Å². The van der Waals surface area contributed by atoms with Gasteiger partial charge in [-0.25, -0.2) is 0 Å². The summed E-state index contributed by atoms with van der Waals surface area (Å²) < 4.78 is 0. The normalized spacial score (nSPS) is 31.5. The highest BCUT2D eigenvalue weighted by Crippen LogP contribution is 2.23. The number of likely N-dealkylation sites (N-methyl/N-ethyl adjacent to an activating group) is 1. The maximum absolute atomic E-state index is 10.8. The zero-order valence-electron chi connectivity index (χ0n) is 8.06. The summed E-state index contributed by atoms with van der Waals surface area (Å²) in [6, 6.07) is -0.763. The van der Waals surface area contributed by atoms with Crippen LogP contribution in [0.3, 0.4) is 0 Å². The van der Waals surface area contributed by atoms with Gasteiger partial charge in [-0.1, -0.05) is 6.08 Å². The molecule has 0 spiro atoms. The van der Waals surface area contributed by atoms with E-state index in [4.69, 9.17) is 5.11 Å². The van der Waals surface area contributed by atoms with Crippen LogP contribution in [0.15, 0.2) is 11.6 Å². The van der Waals surface area contributed by atoms with Crippen LogP contribution in [0.4, 0.5) is 0 Å². The first-order valence-electron chi connectivity index (χ1n) is 4.26. The zero-order valence-corrected chi connectivity index (χ0v) is 8.06. The first-order chi connectivity index (χ1) is 5.95. The van der Waals surface area contributed by atoms with Gasteiger partial charge in [-0.3, -0.25) is 9.69 Å². The van der Waals surface area contributed by atoms with Crippen molar-refractivity contribution in [1.29, 1.82) is 0 Å². The average molecular weight is 185 g/mol. The molecule has 0 saturated carbocycles. The highest BCUT2D eigenvalue weighted by Gasteiger charge is 2.36. The monoisotopic (exact) mass is 185 g/mol. The van der Waals surface area contributed by atoms with Gasteiger partial charge in [0.05, 0.1) is 12.1 Å². The van der Waals surface area contributed by atoms with Crippen molar-refractivity contribution in [1.82, 2.24) is 4.90 Å². The van der Waals surface area contributed by atoms with Crippen molar-refractivity contribution < 1.29 is 15.0 Å². The van der Waals surface area contributed by atoms with E-state index in [1.165, 1.54) is 0 Å². The minimum absolute atomic E-state index is 0.180. The molecule has 2 N–H and O–H groups in total. The molecule has 0 saturated heterocycles. The summed E-state index contributed by atoms with van der Waals surface area (Å²) in [6.45, 7) is 3.44. The second-order valence-corrected chi connectivity index (χ2v) is 3.55. The van der Waals surface area contributed by atoms with Crippen molar-refractivity contribution in [2.45, 2.75) is 32.0 Å². The summed E-state index contributed by atoms with van der Waals surface area (Å²) in [5.74, 6) is -0.862. The number of hydrogen-bond donors (Lipinski definition) is 2. The molecule has 74 valence electrons. The molecule has 1 aliphatic heterocycles. The van der Waals surface area contributed by atoms with Gasteiger partial charge < -0.3 is 10.2 Å². The summed E-state index contributed by atoms with van der Waals surface area (Å²) in [5.41, 5.74) is 0.793. The van der Waals surface area contributed by atoms with Gasteiger partial charge in [0.25, 0.3) is 0 Å². The zero-order chi connectivity index (χ0) is 10.2. The third-order valence-corrected chi connectivity index (χ3v) is 2.47. The van der Waals surface area contributed by atoms with E-state index in [-0.39, 0.29) is 6.04 Å². The molecule has 13 heavy (non-hydrogen) atoms. The number of rotatable bonds is 2. The van der Waals surface area contributed by atoms with Crippen molar-refractivity contribution in [2.24, 2.45) is 0 Å². The summed E-state index contributed by atoms with van der Waals surface area (Å²) in [6.07, 6.45) is 1.27. The highest BCUT2D eigenvalue weighted by atomic mass is 16.4. The number of nitrogens with zero attached hydrogens (tertiary/aromatic N) is 1. The lowest BCUT2D eigenvalue weighted by atomic mass is 10.1. The Morgan fingerprint density at radius 3 is 2.46 bits per heavy atom. The van der Waals surface area contributed by atoms with Gasteiger partial charge in [0.15, 0.2) is 0 Å². The summed E-state index contributed by atoms with van der Waals surface area (Å²) in [4.78, 5) is 12.5. The Kier molecular flexibility index (Phi) is 2.73. The first kappa shape index (κ1) is 10.2. The van der Waals surface area contributed by atoms with Crippen LogP contribution in [-0.4, -0.2) is 46.3 Å². The third-order valence-electron chi connectivity index (χ3n) is 2.47. The number of aliphatic hydroxyl groups is 1. The Labute approximate surface area is 77.5 Å². The summed E-state index contributed by atoms with van der Waals surface area (Å²) in [5, 5.41) is 18.3. The maximum atomic E-state index is 10.8. The molecule has 0 bridgehead atoms. The van der Waals surface area contributed by atoms with E-state index in [0.717, 1.165) is 5.57 Å². The lowest BCUT2D eigenvalue weighted by molar-refractivity contribution is -0.141. The van der Waals surface area contributed by atoms with Gasteiger partial charge in [0.2, 0.25) is 0 Å². The number of carbonyl (C=O) groups is 1. The molecule has 0 aliphatic carbocycles. The van der Waals surface area contributed by atoms with Crippen LogP contribution in [0.5, 0.6) is 0 Å². The van der Waals surface area contributed by atoms with E-state index in [1.807, 2.05) is 6.08 Å². The Hall–Kier alpha value is -0.870. The topological polar surface area (TPSA) is 60.8 Å². The molecule has 1 aliphatic rings. The number of aliphatic hydroxyl groups excluding tert-OH is 1. The van der Waals surface area contributed by atoms with Gasteiger partial charge in [-0.15, -0.1) is 0 Å². The SMILES string of the molecule is CC1=CC(C(C)O)N(C)C1C(=O)O. The second-order valence-electron chi connectivity index (χ2n) is 3.55. The van der Waals surface area contributed by atoms with E-state index in [2.05, 4.69) is 0 Å². The number of carboxylic acid groups (broad SMARTS) is 1. The molecule has 0 radical (unpaired) electrons. The minimum atomic E-state index is -0.862. The van der Waals surface area contributed by atoms with Crippen LogP contribution in [0.2, 0.25) is 0 Å². The van der Waals surface area contributed by atoms with Crippen LogP contribution in [0, 0.1) is 0 Å². The van der Waals surface area contributed by atoms with Crippen molar-refractivity contribution in [2.75, 3.05) is 7.05 Å². The Balaban J connectivity index is 2.85. The fourth-order valence-corrected chi connectivity index (χ4v) is 1.82. The molecule has 0 aromatic heterocycles. The van der Waals surface area contributed by atoms with Crippen molar-refractivity contribution in [3.05, 3.63) is 11.6 Å². The largest absolute Gasteiger partial charge is 0.480 e. The average Bonchev–Trinajstić information content (AvgIpc) is 2.26. The molecule has 3 atom stereocenters. The second kappa shape index (κ2) is 3.47. The summed E-state index contributed by atoms with van der Waals surface area (Å²) >= 11 is 0. The molecule has 4 heteroatoms. The van der Waals surface area contributed by atoms with Crippen LogP contribution in [0.25, 0.3) is 0 Å². The predicted octanol–water partition coefficient (Wildman–Crippen LogP) is 0.0807. The smallest absolute Gasteiger partial charge is 0.325 e. The lowest BCUT2D eigenvalue weighted by Gasteiger charge is -2.25. The molecule has 3 unspecified atom stereocenters. The Morgan fingerprint density at radius 2 is 2.23 bits per heavy atom. The van der Waals surface area contributed by atoms with Gasteiger partial charge >= 0.3 is 5.97 Å². The van der Waals surface area contributed by atoms with E-state index in [9.17, 15) is 9.90 Å². The van der Waals surface area contributed by atoms with E-state index < -0.39 is 18.1 Å². The van der Waals surface area contributed by atoms with E-state index in [0.29, 0.717) is 0 Å². The molecule has 0 amide bonds. The lowest BCUT2D eigenvalue weighted by Crippen LogP contribution is -2.43. The van der Waals surface area contributed by atoms with Gasteiger partial charge in [-0.05, 0) is 26.5 Å². The van der Waals surface area contributed by atoms with Gasteiger partial charge in [-0.2, -0.15) is 0 Å². The molecule has 0 aromatic carbocycles. The van der Waals surface area contributed by atoms with Crippen molar-refractivity contribution in [3.63, 3.8) is 0 Å². The standard InChI is InChI=1S/C9H15NO3/c1-5-4-7(6(2)11)10(3)8(5)9(12)13/h4,6-8,11H,1-3H3,(H,12,13). The fraction of sp³-hybridized carbons (Fsp3) is 0.667. The molecular weight excluding hydrogens is 170 g/mol. The van der Waals surface area contributed by atoms with Gasteiger partial charge in [0.1, 0.15) is 6.04 Å². The molecule has 1 rings (SSSR count). The molecule has 4 nitrogen and oxygen atoms in total. The van der Waals surface area contributed by atoms with Crippen LogP contribution < -0.4 is 0 Å². The summed E-state index contributed by atoms with van der Waals surface area (Å²) in [7, 11) is 1.71. The predicted molar refractivity (Wildman–Crippen MR) is 48.4 cm³/mol.